The fourth-order valence-corrected chi connectivity index (χ4v) is 2.14. The molecule has 0 bridgehead atoms. The van der Waals surface area contributed by atoms with Gasteiger partial charge < -0.3 is 15.4 Å². The number of likely N-dealkylation sites (N-methyl/N-ethyl adjacent to an activating group) is 1. The molecule has 20 heavy (non-hydrogen) atoms. The molecule has 1 amide bonds. The number of amides is 1. The predicted octanol–water partition coefficient (Wildman–Crippen LogP) is 2.27. The summed E-state index contributed by atoms with van der Waals surface area (Å²) in [6.45, 7) is 7.13. The largest absolute Gasteiger partial charge is 0.492 e. The summed E-state index contributed by atoms with van der Waals surface area (Å²) >= 11 is 0. The van der Waals surface area contributed by atoms with E-state index >= 15 is 0 Å². The predicted molar refractivity (Wildman–Crippen MR) is 81.9 cm³/mol. The summed E-state index contributed by atoms with van der Waals surface area (Å²) in [5, 5.41) is 0. The van der Waals surface area contributed by atoms with Gasteiger partial charge in [0.15, 0.2) is 0 Å². The van der Waals surface area contributed by atoms with Gasteiger partial charge in [0, 0.05) is 7.05 Å². The molecule has 0 heterocycles. The Kier molecular flexibility index (Phi) is 6.52. The number of nitrogens with zero attached hydrogens (tertiary/aromatic N) is 1. The van der Waals surface area contributed by atoms with E-state index in [9.17, 15) is 4.79 Å². The van der Waals surface area contributed by atoms with Gasteiger partial charge in [0.25, 0.3) is 0 Å². The van der Waals surface area contributed by atoms with E-state index in [4.69, 9.17) is 10.5 Å². The fourth-order valence-electron chi connectivity index (χ4n) is 2.14. The van der Waals surface area contributed by atoms with Gasteiger partial charge in [-0.3, -0.25) is 4.79 Å². The van der Waals surface area contributed by atoms with Gasteiger partial charge in [-0.05, 0) is 43.5 Å². The molecule has 112 valence electrons. The number of ether oxygens (including phenoxy) is 1. The number of carbonyl (C=O) groups excluding carboxylic acids is 1. The maximum absolute atomic E-state index is 11.9. The molecule has 1 aromatic carbocycles. The summed E-state index contributed by atoms with van der Waals surface area (Å²) in [7, 11) is 1.77. The van der Waals surface area contributed by atoms with Gasteiger partial charge in [-0.15, -0.1) is 0 Å². The zero-order chi connectivity index (χ0) is 15.1. The van der Waals surface area contributed by atoms with Crippen LogP contribution in [0.3, 0.4) is 0 Å². The first-order chi connectivity index (χ1) is 9.43. The standard InChI is InChI=1S/C16H26N2O2/c1-5-6-15(17)16(19)18(4)7-8-20-14-10-12(2)9-13(3)11-14/h9-11,15H,5-8,17H2,1-4H3/t15-/m0/s1. The number of hydrogen-bond acceptors (Lipinski definition) is 3. The van der Waals surface area contributed by atoms with Gasteiger partial charge in [-0.25, -0.2) is 0 Å². The van der Waals surface area contributed by atoms with Crippen molar-refractivity contribution in [2.24, 2.45) is 5.73 Å². The quantitative estimate of drug-likeness (QED) is 0.832. The van der Waals surface area contributed by atoms with Crippen molar-refractivity contribution < 1.29 is 9.53 Å². The van der Waals surface area contributed by atoms with Gasteiger partial charge in [-0.1, -0.05) is 19.4 Å². The van der Waals surface area contributed by atoms with E-state index in [0.717, 1.165) is 18.6 Å². The molecule has 2 N–H and O–H groups in total. The molecule has 4 heteroatoms. The van der Waals surface area contributed by atoms with Gasteiger partial charge in [0.05, 0.1) is 12.6 Å². The van der Waals surface area contributed by atoms with E-state index in [2.05, 4.69) is 6.07 Å². The Bertz CT molecular complexity index is 426. The summed E-state index contributed by atoms with van der Waals surface area (Å²) in [6.07, 6.45) is 1.64. The third kappa shape index (κ3) is 5.21. The number of aryl methyl sites for hydroxylation is 2. The molecule has 0 saturated carbocycles. The lowest BCUT2D eigenvalue weighted by Crippen LogP contribution is -2.43. The van der Waals surface area contributed by atoms with Crippen LogP contribution in [0.5, 0.6) is 5.75 Å². The van der Waals surface area contributed by atoms with Crippen LogP contribution in [0.15, 0.2) is 18.2 Å². The van der Waals surface area contributed by atoms with Crippen LogP contribution in [0.1, 0.15) is 30.9 Å². The van der Waals surface area contributed by atoms with Crippen LogP contribution >= 0.6 is 0 Å². The normalized spacial score (nSPS) is 12.1. The first-order valence-corrected chi connectivity index (χ1v) is 7.15. The summed E-state index contributed by atoms with van der Waals surface area (Å²) in [5.74, 6) is 0.831. The minimum atomic E-state index is -0.397. The summed E-state index contributed by atoms with van der Waals surface area (Å²) in [4.78, 5) is 13.6. The molecule has 0 fully saturated rings. The highest BCUT2D eigenvalue weighted by atomic mass is 16.5. The second-order valence-corrected chi connectivity index (χ2v) is 5.33. The van der Waals surface area contributed by atoms with Crippen LogP contribution in [0, 0.1) is 13.8 Å². The molecule has 1 rings (SSSR count). The Morgan fingerprint density at radius 1 is 1.30 bits per heavy atom. The molecule has 0 aliphatic carbocycles. The molecule has 1 aromatic rings. The average Bonchev–Trinajstić information content (AvgIpc) is 2.36. The highest BCUT2D eigenvalue weighted by Crippen LogP contribution is 2.16. The first kappa shape index (κ1) is 16.5. The van der Waals surface area contributed by atoms with Gasteiger partial charge in [0.2, 0.25) is 5.91 Å². The van der Waals surface area contributed by atoms with E-state index in [1.165, 1.54) is 11.1 Å². The molecule has 0 aromatic heterocycles. The minimum absolute atomic E-state index is 0.0177. The van der Waals surface area contributed by atoms with Crippen molar-refractivity contribution in [3.8, 4) is 5.75 Å². The fraction of sp³-hybridized carbons (Fsp3) is 0.562. The lowest BCUT2D eigenvalue weighted by Gasteiger charge is -2.21. The molecular weight excluding hydrogens is 252 g/mol. The highest BCUT2D eigenvalue weighted by Gasteiger charge is 2.16. The molecular formula is C16H26N2O2. The van der Waals surface area contributed by atoms with Crippen molar-refractivity contribution in [2.75, 3.05) is 20.2 Å². The van der Waals surface area contributed by atoms with Gasteiger partial charge in [0.1, 0.15) is 12.4 Å². The molecule has 0 radical (unpaired) electrons. The van der Waals surface area contributed by atoms with Crippen molar-refractivity contribution in [3.63, 3.8) is 0 Å². The van der Waals surface area contributed by atoms with Crippen molar-refractivity contribution in [1.29, 1.82) is 0 Å². The van der Waals surface area contributed by atoms with Crippen molar-refractivity contribution >= 4 is 5.91 Å². The van der Waals surface area contributed by atoms with E-state index in [0.29, 0.717) is 13.2 Å². The van der Waals surface area contributed by atoms with Crippen LogP contribution in [0.4, 0.5) is 0 Å². The second-order valence-electron chi connectivity index (χ2n) is 5.33. The molecule has 0 saturated heterocycles. The number of nitrogens with two attached hydrogens (primary N) is 1. The third-order valence-corrected chi connectivity index (χ3v) is 3.18. The Morgan fingerprint density at radius 2 is 1.90 bits per heavy atom. The second kappa shape index (κ2) is 7.90. The first-order valence-electron chi connectivity index (χ1n) is 7.15. The summed E-state index contributed by atoms with van der Waals surface area (Å²) in [6, 6.07) is 5.70. The van der Waals surface area contributed by atoms with E-state index in [1.807, 2.05) is 32.9 Å². The van der Waals surface area contributed by atoms with E-state index in [-0.39, 0.29) is 5.91 Å². The van der Waals surface area contributed by atoms with Gasteiger partial charge in [-0.2, -0.15) is 0 Å². The number of carbonyl (C=O) groups is 1. The number of rotatable bonds is 7. The van der Waals surface area contributed by atoms with Crippen LogP contribution in [0.25, 0.3) is 0 Å². The SMILES string of the molecule is CCC[C@H](N)C(=O)N(C)CCOc1cc(C)cc(C)c1. The summed E-state index contributed by atoms with van der Waals surface area (Å²) in [5.41, 5.74) is 8.17. The van der Waals surface area contributed by atoms with Crippen LogP contribution < -0.4 is 10.5 Å². The molecule has 4 nitrogen and oxygen atoms in total. The minimum Gasteiger partial charge on any atom is -0.492 e. The van der Waals surface area contributed by atoms with Crippen LogP contribution in [0.2, 0.25) is 0 Å². The molecule has 0 spiro atoms. The molecule has 0 unspecified atom stereocenters. The van der Waals surface area contributed by atoms with E-state index in [1.54, 1.807) is 11.9 Å². The highest BCUT2D eigenvalue weighted by molar-refractivity contribution is 5.81. The Hall–Kier alpha value is -1.55. The lowest BCUT2D eigenvalue weighted by molar-refractivity contribution is -0.131. The maximum Gasteiger partial charge on any atom is 0.239 e. The number of hydrogen-bond donors (Lipinski definition) is 1. The average molecular weight is 278 g/mol. The number of benzene rings is 1. The molecule has 0 aliphatic rings. The van der Waals surface area contributed by atoms with Crippen LogP contribution in [-0.4, -0.2) is 37.0 Å². The Morgan fingerprint density at radius 3 is 2.45 bits per heavy atom. The Labute approximate surface area is 121 Å². The van der Waals surface area contributed by atoms with Crippen molar-refractivity contribution in [1.82, 2.24) is 4.90 Å². The van der Waals surface area contributed by atoms with Gasteiger partial charge >= 0.3 is 0 Å². The summed E-state index contributed by atoms with van der Waals surface area (Å²) < 4.78 is 5.69. The van der Waals surface area contributed by atoms with Crippen molar-refractivity contribution in [3.05, 3.63) is 29.3 Å². The molecule has 1 atom stereocenters. The lowest BCUT2D eigenvalue weighted by atomic mass is 10.1. The van der Waals surface area contributed by atoms with Crippen LogP contribution in [-0.2, 0) is 4.79 Å². The van der Waals surface area contributed by atoms with Crippen molar-refractivity contribution in [2.45, 2.75) is 39.7 Å². The zero-order valence-corrected chi connectivity index (χ0v) is 13.0. The maximum atomic E-state index is 11.9. The Balaban J connectivity index is 2.41. The topological polar surface area (TPSA) is 55.6 Å². The molecule has 0 aliphatic heterocycles. The smallest absolute Gasteiger partial charge is 0.239 e. The zero-order valence-electron chi connectivity index (χ0n) is 13.0. The monoisotopic (exact) mass is 278 g/mol. The van der Waals surface area contributed by atoms with E-state index < -0.39 is 6.04 Å². The third-order valence-electron chi connectivity index (χ3n) is 3.18.